The Hall–Kier alpha value is -3.34. The molecule has 0 spiro atoms. The van der Waals surface area contributed by atoms with E-state index in [1.807, 2.05) is 0 Å². The van der Waals surface area contributed by atoms with E-state index in [1.165, 1.54) is 18.2 Å². The van der Waals surface area contributed by atoms with Crippen LogP contribution in [0, 0.1) is 17.7 Å². The lowest BCUT2D eigenvalue weighted by atomic mass is 9.93. The number of aromatic amines is 1. The number of benzene rings is 1. The smallest absolute Gasteiger partial charge is 0.303 e. The number of carbonyl (C=O) groups is 4. The van der Waals surface area contributed by atoms with Crippen LogP contribution in [0.5, 0.6) is 5.75 Å². The maximum absolute atomic E-state index is 14.4. The highest BCUT2D eigenvalue weighted by molar-refractivity contribution is 6.33. The van der Waals surface area contributed by atoms with Crippen LogP contribution in [-0.4, -0.2) is 57.5 Å². The Labute approximate surface area is 217 Å². The molecule has 2 atom stereocenters. The molecule has 1 saturated carbocycles. The standard InChI is InChI=1S/C25H30ClFN4O6/c1-25(2)11-13(6-7-19(32)33)24(36)31(25)30-23(35)17(8-12-4-5-12)29-22(34)18-9-14-20(28-18)16(27)10-15(26)21(14)37-3/h9-10,12-13,17,28H,4-8,11H2,1-3H3,(H,29,34)(H,30,35)(H,32,33)/t13-,17+/m1/s1. The van der Waals surface area contributed by atoms with Gasteiger partial charge in [0.25, 0.3) is 11.8 Å². The van der Waals surface area contributed by atoms with E-state index in [1.54, 1.807) is 13.8 Å². The number of H-pyrrole nitrogens is 1. The summed E-state index contributed by atoms with van der Waals surface area (Å²) in [6.07, 6.45) is 2.67. The average molecular weight is 537 g/mol. The van der Waals surface area contributed by atoms with Crippen molar-refractivity contribution in [3.63, 3.8) is 0 Å². The van der Waals surface area contributed by atoms with Crippen molar-refractivity contribution < 1.29 is 33.4 Å². The van der Waals surface area contributed by atoms with Crippen LogP contribution in [0.1, 0.15) is 62.9 Å². The lowest BCUT2D eigenvalue weighted by Crippen LogP contribution is -2.58. The Kier molecular flexibility index (Phi) is 7.36. The van der Waals surface area contributed by atoms with Crippen molar-refractivity contribution in [2.45, 2.75) is 64.0 Å². The molecule has 3 amide bonds. The van der Waals surface area contributed by atoms with Gasteiger partial charge in [-0.15, -0.1) is 0 Å². The minimum atomic E-state index is -0.989. The quantitative estimate of drug-likeness (QED) is 0.367. The van der Waals surface area contributed by atoms with Crippen molar-refractivity contribution in [2.75, 3.05) is 7.11 Å². The van der Waals surface area contributed by atoms with E-state index in [2.05, 4.69) is 15.7 Å². The summed E-state index contributed by atoms with van der Waals surface area (Å²) in [5.74, 6) is -3.22. The molecule has 37 heavy (non-hydrogen) atoms. The monoisotopic (exact) mass is 536 g/mol. The molecule has 2 aliphatic rings. The first-order valence-electron chi connectivity index (χ1n) is 12.1. The molecule has 2 aromatic rings. The second-order valence-corrected chi connectivity index (χ2v) is 10.8. The third kappa shape index (κ3) is 5.66. The minimum Gasteiger partial charge on any atom is -0.494 e. The predicted octanol–water partition coefficient (Wildman–Crippen LogP) is 3.39. The van der Waals surface area contributed by atoms with Crippen molar-refractivity contribution in [3.05, 3.63) is 28.7 Å². The number of halogens is 2. The van der Waals surface area contributed by atoms with E-state index >= 15 is 0 Å². The molecule has 0 radical (unpaired) electrons. The van der Waals surface area contributed by atoms with Crippen LogP contribution < -0.4 is 15.5 Å². The number of hydrogen-bond donors (Lipinski definition) is 4. The number of amides is 3. The van der Waals surface area contributed by atoms with Gasteiger partial charge in [0.1, 0.15) is 23.3 Å². The van der Waals surface area contributed by atoms with Crippen molar-refractivity contribution in [1.82, 2.24) is 20.7 Å². The highest BCUT2D eigenvalue weighted by Crippen LogP contribution is 2.37. The largest absolute Gasteiger partial charge is 0.494 e. The third-order valence-corrected chi connectivity index (χ3v) is 7.24. The van der Waals surface area contributed by atoms with Gasteiger partial charge in [-0.3, -0.25) is 24.6 Å². The molecule has 2 heterocycles. The molecule has 0 unspecified atom stereocenters. The number of carboxylic acids is 1. The van der Waals surface area contributed by atoms with Crippen LogP contribution in [-0.2, 0) is 14.4 Å². The minimum absolute atomic E-state index is 0.0226. The highest BCUT2D eigenvalue weighted by Gasteiger charge is 2.46. The van der Waals surface area contributed by atoms with Gasteiger partial charge >= 0.3 is 5.97 Å². The van der Waals surface area contributed by atoms with Crippen LogP contribution >= 0.6 is 11.6 Å². The van der Waals surface area contributed by atoms with Gasteiger partial charge in [-0.1, -0.05) is 24.4 Å². The summed E-state index contributed by atoms with van der Waals surface area (Å²) in [6, 6.07) is 1.55. The summed E-state index contributed by atoms with van der Waals surface area (Å²) in [5.41, 5.74) is 2.01. The zero-order valence-corrected chi connectivity index (χ0v) is 21.6. The van der Waals surface area contributed by atoms with Crippen LogP contribution in [0.2, 0.25) is 5.02 Å². The Bertz CT molecular complexity index is 1260. The lowest BCUT2D eigenvalue weighted by Gasteiger charge is -2.33. The van der Waals surface area contributed by atoms with Gasteiger partial charge < -0.3 is 20.1 Å². The number of hydrazine groups is 1. The number of carbonyl (C=O) groups excluding carboxylic acids is 3. The van der Waals surface area contributed by atoms with Gasteiger partial charge in [0, 0.05) is 17.7 Å². The first kappa shape index (κ1) is 26.7. The van der Waals surface area contributed by atoms with Crippen LogP contribution in [0.3, 0.4) is 0 Å². The van der Waals surface area contributed by atoms with Crippen LogP contribution in [0.4, 0.5) is 4.39 Å². The van der Waals surface area contributed by atoms with Crippen molar-refractivity contribution in [3.8, 4) is 5.75 Å². The number of rotatable bonds is 10. The second-order valence-electron chi connectivity index (χ2n) is 10.3. The van der Waals surface area contributed by atoms with E-state index in [9.17, 15) is 23.6 Å². The van der Waals surface area contributed by atoms with Gasteiger partial charge in [-0.05, 0) is 51.2 Å². The number of carboxylic acid groups (broad SMARTS) is 1. The molecule has 200 valence electrons. The van der Waals surface area contributed by atoms with Crippen molar-refractivity contribution in [1.29, 1.82) is 0 Å². The molecule has 4 N–H and O–H groups in total. The summed E-state index contributed by atoms with van der Waals surface area (Å²) in [7, 11) is 1.38. The molecule has 1 aromatic heterocycles. The summed E-state index contributed by atoms with van der Waals surface area (Å²) in [6.45, 7) is 3.58. The van der Waals surface area contributed by atoms with Gasteiger partial charge in [-0.2, -0.15) is 0 Å². The summed E-state index contributed by atoms with van der Waals surface area (Å²) >= 11 is 6.06. The molecule has 1 saturated heterocycles. The first-order valence-corrected chi connectivity index (χ1v) is 12.5. The Morgan fingerprint density at radius 1 is 1.32 bits per heavy atom. The molecular formula is C25H30ClFN4O6. The van der Waals surface area contributed by atoms with Gasteiger partial charge in [0.05, 0.1) is 23.2 Å². The molecule has 0 bridgehead atoms. The molecule has 2 fully saturated rings. The number of ether oxygens (including phenoxy) is 1. The summed E-state index contributed by atoms with van der Waals surface area (Å²) in [4.78, 5) is 53.0. The van der Waals surface area contributed by atoms with Gasteiger partial charge in [0.2, 0.25) is 5.91 Å². The Balaban J connectivity index is 1.51. The average Bonchev–Trinajstić information content (AvgIpc) is 3.47. The molecule has 4 rings (SSSR count). The number of nitrogens with one attached hydrogen (secondary N) is 3. The van der Waals surface area contributed by atoms with E-state index in [-0.39, 0.29) is 52.0 Å². The number of methoxy groups -OCH3 is 1. The van der Waals surface area contributed by atoms with Gasteiger partial charge in [0.15, 0.2) is 0 Å². The maximum atomic E-state index is 14.4. The normalized spacial score (nSPS) is 19.6. The zero-order valence-electron chi connectivity index (χ0n) is 20.8. The predicted molar refractivity (Wildman–Crippen MR) is 132 cm³/mol. The summed E-state index contributed by atoms with van der Waals surface area (Å²) < 4.78 is 19.7. The number of aliphatic carboxylic acids is 1. The molecule has 10 nitrogen and oxygen atoms in total. The number of fused-ring (bicyclic) bond motifs is 1. The van der Waals surface area contributed by atoms with Crippen molar-refractivity contribution in [2.24, 2.45) is 11.8 Å². The fourth-order valence-corrected chi connectivity index (χ4v) is 5.14. The number of aromatic nitrogens is 1. The molecule has 1 aromatic carbocycles. The Morgan fingerprint density at radius 2 is 2.03 bits per heavy atom. The fraction of sp³-hybridized carbons (Fsp3) is 0.520. The van der Waals surface area contributed by atoms with E-state index < -0.39 is 41.1 Å². The van der Waals surface area contributed by atoms with Gasteiger partial charge in [-0.25, -0.2) is 9.40 Å². The lowest BCUT2D eigenvalue weighted by molar-refractivity contribution is -0.145. The van der Waals surface area contributed by atoms with Crippen LogP contribution in [0.15, 0.2) is 12.1 Å². The number of hydrogen-bond acceptors (Lipinski definition) is 5. The van der Waals surface area contributed by atoms with E-state index in [4.69, 9.17) is 21.4 Å². The highest BCUT2D eigenvalue weighted by atomic mass is 35.5. The van der Waals surface area contributed by atoms with Crippen molar-refractivity contribution >= 4 is 46.2 Å². The SMILES string of the molecule is COc1c(Cl)cc(F)c2[nH]c(C(=O)N[C@@H](CC3CC3)C(=O)NN3C(=O)[C@H](CCC(=O)O)CC3(C)C)cc12. The molecule has 1 aliphatic heterocycles. The summed E-state index contributed by atoms with van der Waals surface area (Å²) in [5, 5.41) is 13.3. The maximum Gasteiger partial charge on any atom is 0.303 e. The zero-order chi connectivity index (χ0) is 27.1. The van der Waals surface area contributed by atoms with E-state index in [0.29, 0.717) is 12.8 Å². The number of nitrogens with zero attached hydrogens (tertiary/aromatic N) is 1. The first-order chi connectivity index (χ1) is 17.4. The second kappa shape index (κ2) is 10.2. The fourth-order valence-electron chi connectivity index (χ4n) is 4.86. The Morgan fingerprint density at radius 3 is 2.65 bits per heavy atom. The third-order valence-electron chi connectivity index (χ3n) is 6.96. The van der Waals surface area contributed by atoms with Crippen LogP contribution in [0.25, 0.3) is 10.9 Å². The molecule has 12 heteroatoms. The van der Waals surface area contributed by atoms with E-state index in [0.717, 1.165) is 18.9 Å². The molecule has 1 aliphatic carbocycles. The topological polar surface area (TPSA) is 141 Å². The molecular weight excluding hydrogens is 507 g/mol.